The van der Waals surface area contributed by atoms with Gasteiger partial charge >= 0.3 is 409 Å². The predicted octanol–water partition coefficient (Wildman–Crippen LogP) is -3.63. The maximum atomic E-state index is 13.5. The fourth-order valence-corrected chi connectivity index (χ4v) is 59.5. The third-order valence-corrected chi connectivity index (χ3v) is 126. The Morgan fingerprint density at radius 2 is 1.52 bits per heavy atom. The van der Waals surface area contributed by atoms with Gasteiger partial charge in [-0.15, -0.1) is 0 Å². The average Bonchev–Trinajstić information content (AvgIpc) is 2.71. The molecular weight excluding hydrogens is 1720 g/mol. The van der Waals surface area contributed by atoms with Crippen LogP contribution in [0.25, 0.3) is 0 Å². The molecule has 11 heteroatoms. The van der Waals surface area contributed by atoms with Crippen molar-refractivity contribution in [2.45, 2.75) is -7.10 Å². The molecule has 2 aliphatic rings. The number of piperazine rings is 1. The van der Waals surface area contributed by atoms with Crippen molar-refractivity contribution in [3.05, 3.63) is 23.3 Å². The van der Waals surface area contributed by atoms with Gasteiger partial charge in [-0.05, 0) is 0 Å². The molecule has 3 nitrogen and oxygen atoms in total. The van der Waals surface area contributed by atoms with E-state index >= 15 is 0 Å². The maximum absolute atomic E-state index is 13.5. The van der Waals surface area contributed by atoms with Gasteiger partial charge in [-0.3, -0.25) is 0 Å². The molecule has 0 N–H and O–H groups in total. The number of likely N-dealkylation sites (N-methyl/N-ethyl adjacent to an activating group) is 1. The number of carbonyl (C=O) groups excluding carboxylic acids is 1. The van der Waals surface area contributed by atoms with E-state index in [4.69, 9.17) is 0 Å². The number of hydrogen-bond donors (Lipinski definition) is 0. The average molecular weight is 1730 g/mol. The van der Waals surface area contributed by atoms with Crippen molar-refractivity contribution >= 4 is 114 Å². The number of carbonyl (C=O) groups is 1. The quantitative estimate of drug-likeness (QED) is 0.269. The van der Waals surface area contributed by atoms with Crippen molar-refractivity contribution in [2.75, 3.05) is 7.05 Å². The van der Waals surface area contributed by atoms with Crippen LogP contribution >= 0.6 is 0 Å². The van der Waals surface area contributed by atoms with Crippen molar-refractivity contribution in [1.29, 1.82) is 0 Å². The Balaban J connectivity index is 2.31. The SMILES string of the molecule is CN1[C]([RaH])([RaH])C2c3c[c]([Rb])[c]([Rb])cc3C(=O)N2[C]([RaH])([RaH])[C]1([RaH])[RaH]. The van der Waals surface area contributed by atoms with Gasteiger partial charge in [0.2, 0.25) is 0 Å². The normalized spacial score (nSPS) is 27.3. The fraction of sp³-hybridized carbons (Fsp3) is 0.417. The van der Waals surface area contributed by atoms with Gasteiger partial charge < -0.3 is 0 Å². The van der Waals surface area contributed by atoms with E-state index in [2.05, 4.69) is 29.0 Å². The van der Waals surface area contributed by atoms with Crippen LogP contribution in [0.5, 0.6) is 0 Å². The summed E-state index contributed by atoms with van der Waals surface area (Å²) in [6.07, 6.45) is 0. The first-order valence-electron chi connectivity index (χ1n) is 8.54. The fourth-order valence-electron chi connectivity index (χ4n) is 4.52. The van der Waals surface area contributed by atoms with Crippen molar-refractivity contribution in [2.24, 2.45) is 0 Å². The van der Waals surface area contributed by atoms with Gasteiger partial charge in [-0.2, -0.15) is 0 Å². The van der Waals surface area contributed by atoms with Crippen molar-refractivity contribution < 1.29 is 262 Å². The standard InChI is InChI=1S/C12H6N2O.6Ra.2Rb.6H/c1-13-6-7-14-11(8-13)9-4-2-3-5-10(9)12(14)15;;;;;;;;;;;;;;/h4-5,11H,1H3;;;;;;;;;;;;;;. The number of hydrogen-bond acceptors (Lipinski definition) is 2. The third-order valence-electron chi connectivity index (χ3n) is 7.14. The van der Waals surface area contributed by atoms with E-state index in [0.29, 0.717) is 367 Å². The molecule has 2 aliphatic heterocycles. The molecule has 1 saturated heterocycles. The summed E-state index contributed by atoms with van der Waals surface area (Å²) < 4.78 is 5.06. The van der Waals surface area contributed by atoms with Crippen LogP contribution < -0.4 is -2.74 Å². The molecule has 3 rings (SSSR count). The van der Waals surface area contributed by atoms with Crippen LogP contribution in [-0.2, 0) is 0 Å². The molecule has 0 aromatic heterocycles. The molecular formula is C12H12N2ORa6Rb2. The van der Waals surface area contributed by atoms with Gasteiger partial charge in [-0.1, -0.05) is 0 Å². The van der Waals surface area contributed by atoms with Gasteiger partial charge in [0.25, 0.3) is 0 Å². The number of rotatable bonds is 0. The van der Waals surface area contributed by atoms with E-state index in [1.165, 1.54) is 11.1 Å². The summed E-state index contributed by atoms with van der Waals surface area (Å²) in [5.74, 6) is 0.506. The zero-order valence-electron chi connectivity index (χ0n) is 16.0. The molecule has 1 atom stereocenters. The molecule has 0 bridgehead atoms. The van der Waals surface area contributed by atoms with Gasteiger partial charge in [0.05, 0.1) is 0 Å². The summed E-state index contributed by atoms with van der Waals surface area (Å²) in [4.78, 5) is 19.2. The van der Waals surface area contributed by atoms with Gasteiger partial charge in [0, 0.05) is 0 Å². The Morgan fingerprint density at radius 3 is 2.09 bits per heavy atom. The Kier molecular flexibility index (Phi) is 14.0. The number of nitrogens with zero attached hydrogens (tertiary/aromatic N) is 2. The van der Waals surface area contributed by atoms with E-state index in [1.807, 2.05) is 0 Å². The molecule has 90 valence electrons. The molecule has 0 aliphatic carbocycles. The first-order valence-corrected chi connectivity index (χ1v) is 38.1. The molecule has 2 heterocycles. The molecule has 0 saturated carbocycles. The van der Waals surface area contributed by atoms with Crippen LogP contribution in [0.4, 0.5) is 0 Å². The predicted molar refractivity (Wildman–Crippen MR) is 70.5 cm³/mol. The number of fused-ring (bicyclic) bond motifs is 3. The van der Waals surface area contributed by atoms with Crippen molar-refractivity contribution in [3.63, 3.8) is 0 Å². The first-order chi connectivity index (χ1) is 10.3. The topological polar surface area (TPSA) is 23.6 Å². The first kappa shape index (κ1) is 28.6. The van der Waals surface area contributed by atoms with Crippen LogP contribution in [0.3, 0.4) is 0 Å². The van der Waals surface area contributed by atoms with Crippen molar-refractivity contribution in [3.8, 4) is 0 Å². The second-order valence-corrected chi connectivity index (χ2v) is 164. The van der Waals surface area contributed by atoms with E-state index < -0.39 is 0 Å². The molecule has 1 aromatic carbocycles. The second kappa shape index (κ2) is 11.2. The summed E-state index contributed by atoms with van der Waals surface area (Å²) in [5, 5.41) is 0. The summed E-state index contributed by atoms with van der Waals surface area (Å²) in [5.41, 5.74) is 2.70. The van der Waals surface area contributed by atoms with Crippen LogP contribution in [0.15, 0.2) is 12.1 Å². The van der Waals surface area contributed by atoms with Crippen LogP contribution in [0, 0.1) is 257 Å². The molecule has 23 heavy (non-hydrogen) atoms. The summed E-state index contributed by atoms with van der Waals surface area (Å²) in [7, 11) is 2.52. The van der Waals surface area contributed by atoms with E-state index in [9.17, 15) is 4.79 Å². The Labute approximate surface area is 391 Å². The van der Waals surface area contributed by atoms with E-state index in [-0.39, 0.29) is 0 Å². The number of benzene rings is 1. The molecule has 1 fully saturated rings. The molecule has 1 amide bonds. The Morgan fingerprint density at radius 1 is 1.00 bits per heavy atom. The Hall–Kier alpha value is 11.1. The van der Waals surface area contributed by atoms with Gasteiger partial charge in [0.1, 0.15) is 0 Å². The van der Waals surface area contributed by atoms with Crippen LogP contribution in [0.2, 0.25) is 0 Å². The molecule has 1 unspecified atom stereocenters. The Bertz CT molecular complexity index is 726. The van der Waals surface area contributed by atoms with Crippen molar-refractivity contribution in [1.82, 2.24) is 9.80 Å². The molecule has 0 spiro atoms. The molecule has 0 radical (unpaired) electrons. The molecule has 1 aromatic rings. The van der Waals surface area contributed by atoms with Gasteiger partial charge in [0.15, 0.2) is 0 Å². The summed E-state index contributed by atoms with van der Waals surface area (Å²) in [6, 6.07) is 5.46. The zero-order valence-corrected chi connectivity index (χ0v) is 75.2. The van der Waals surface area contributed by atoms with Crippen LogP contribution in [-0.4, -0.2) is 121 Å². The minimum atomic E-state index is 0.405. The second-order valence-electron chi connectivity index (χ2n) is 8.93. The number of amides is 1. The minimum absolute atomic E-state index is 0.405. The van der Waals surface area contributed by atoms with E-state index in [0.717, 1.165) is 0 Å². The third kappa shape index (κ3) is 5.52. The zero-order chi connectivity index (χ0) is 17.5. The summed E-state index contributed by atoms with van der Waals surface area (Å²) in [6.45, 7) is 0. The summed E-state index contributed by atoms with van der Waals surface area (Å²) >= 11 is 3.83. The van der Waals surface area contributed by atoms with Crippen LogP contribution in [0.1, 0.15) is 22.0 Å². The van der Waals surface area contributed by atoms with E-state index in [1.54, 1.807) is -2.74 Å². The monoisotopic (exact) mass is 1730 g/mol. The van der Waals surface area contributed by atoms with Gasteiger partial charge in [-0.25, -0.2) is 0 Å².